The Morgan fingerprint density at radius 1 is 1.32 bits per heavy atom. The number of imidazole rings is 1. The van der Waals surface area contributed by atoms with Gasteiger partial charge in [0.25, 0.3) is 5.91 Å². The molecule has 8 heteroatoms. The monoisotopic (exact) mass is 415 g/mol. The van der Waals surface area contributed by atoms with E-state index in [2.05, 4.69) is 22.3 Å². The molecule has 3 amide bonds. The van der Waals surface area contributed by atoms with Crippen molar-refractivity contribution in [3.05, 3.63) is 64.9 Å². The molecule has 0 saturated carbocycles. The lowest BCUT2D eigenvalue weighted by Crippen LogP contribution is -2.48. The Balaban J connectivity index is 1.49. The van der Waals surface area contributed by atoms with Crippen LogP contribution in [-0.2, 0) is 22.5 Å². The van der Waals surface area contributed by atoms with E-state index < -0.39 is 11.6 Å². The summed E-state index contributed by atoms with van der Waals surface area (Å²) in [4.78, 5) is 31.2. The summed E-state index contributed by atoms with van der Waals surface area (Å²) >= 11 is 0. The first kappa shape index (κ1) is 20.2. The van der Waals surface area contributed by atoms with E-state index in [1.807, 2.05) is 23.6 Å². The second-order valence-corrected chi connectivity index (χ2v) is 7.55. The third kappa shape index (κ3) is 3.76. The van der Waals surface area contributed by atoms with Crippen LogP contribution in [0.5, 0.6) is 0 Å². The Hall–Kier alpha value is -4.04. The molecule has 2 aliphatic heterocycles. The molecular formula is C23H21N5O3. The maximum absolute atomic E-state index is 13.0. The van der Waals surface area contributed by atoms with Gasteiger partial charge in [-0.15, -0.1) is 6.42 Å². The minimum absolute atomic E-state index is 0.227. The van der Waals surface area contributed by atoms with E-state index in [1.165, 1.54) is 11.0 Å². The smallest absolute Gasteiger partial charge is 0.325 e. The Kier molecular flexibility index (Phi) is 5.22. The van der Waals surface area contributed by atoms with Crippen LogP contribution >= 0.6 is 0 Å². The lowest BCUT2D eigenvalue weighted by atomic mass is 9.93. The van der Waals surface area contributed by atoms with Crippen LogP contribution in [0.15, 0.2) is 42.3 Å². The molecular weight excluding hydrogens is 394 g/mol. The highest BCUT2D eigenvalue weighted by molar-refractivity contribution is 6.08. The third-order valence-electron chi connectivity index (χ3n) is 5.63. The van der Waals surface area contributed by atoms with Crippen molar-refractivity contribution >= 4 is 11.9 Å². The van der Waals surface area contributed by atoms with Crippen molar-refractivity contribution in [2.45, 2.75) is 31.8 Å². The largest absolute Gasteiger partial charge is 0.486 e. The summed E-state index contributed by atoms with van der Waals surface area (Å²) < 4.78 is 7.37. The van der Waals surface area contributed by atoms with Gasteiger partial charge in [0.05, 0.1) is 18.2 Å². The molecule has 3 heterocycles. The number of nitriles is 1. The maximum atomic E-state index is 13.0. The van der Waals surface area contributed by atoms with Gasteiger partial charge in [0, 0.05) is 43.9 Å². The van der Waals surface area contributed by atoms with Crippen molar-refractivity contribution in [2.24, 2.45) is 0 Å². The van der Waals surface area contributed by atoms with Gasteiger partial charge >= 0.3 is 6.03 Å². The summed E-state index contributed by atoms with van der Waals surface area (Å²) in [6.45, 7) is 2.99. The van der Waals surface area contributed by atoms with Crippen molar-refractivity contribution in [1.82, 2.24) is 19.8 Å². The number of amides is 3. The lowest BCUT2D eigenvalue weighted by molar-refractivity contribution is -0.130. The average Bonchev–Trinajstić information content (AvgIpc) is 3.23. The molecule has 2 aliphatic rings. The predicted molar refractivity (Wildman–Crippen MR) is 111 cm³/mol. The van der Waals surface area contributed by atoms with Crippen molar-refractivity contribution in [1.29, 1.82) is 5.26 Å². The second kappa shape index (κ2) is 8.00. The normalized spacial score (nSPS) is 20.1. The van der Waals surface area contributed by atoms with E-state index in [1.54, 1.807) is 18.3 Å². The Labute approximate surface area is 180 Å². The molecule has 0 aliphatic carbocycles. The number of aryl methyl sites for hydroxylation is 1. The molecule has 1 aromatic carbocycles. The van der Waals surface area contributed by atoms with Crippen LogP contribution < -0.4 is 5.32 Å². The first-order valence-corrected chi connectivity index (χ1v) is 9.92. The number of hydrogen-bond acceptors (Lipinski definition) is 5. The number of terminal acetylenes is 1. The highest BCUT2D eigenvalue weighted by Crippen LogP contribution is 2.28. The van der Waals surface area contributed by atoms with E-state index >= 15 is 0 Å². The maximum Gasteiger partial charge on any atom is 0.325 e. The van der Waals surface area contributed by atoms with Crippen LogP contribution in [0.1, 0.15) is 29.1 Å². The number of ether oxygens (including phenoxy) is 1. The summed E-state index contributed by atoms with van der Waals surface area (Å²) in [7, 11) is 0. The number of rotatable bonds is 5. The molecule has 1 atom stereocenters. The molecule has 1 fully saturated rings. The van der Waals surface area contributed by atoms with Crippen LogP contribution in [0.3, 0.4) is 0 Å². The zero-order chi connectivity index (χ0) is 22.0. The summed E-state index contributed by atoms with van der Waals surface area (Å²) in [6.07, 6.45) is 9.49. The van der Waals surface area contributed by atoms with Crippen LogP contribution in [0.4, 0.5) is 4.79 Å². The van der Waals surface area contributed by atoms with Gasteiger partial charge in [-0.1, -0.05) is 12.1 Å². The summed E-state index contributed by atoms with van der Waals surface area (Å²) in [6, 6.07) is 9.04. The molecule has 31 heavy (non-hydrogen) atoms. The first-order valence-electron chi connectivity index (χ1n) is 9.92. The molecule has 1 spiro atoms. The van der Waals surface area contributed by atoms with Gasteiger partial charge < -0.3 is 14.6 Å². The fraction of sp³-hybridized carbons (Fsp3) is 0.304. The molecule has 8 nitrogen and oxygen atoms in total. The zero-order valence-corrected chi connectivity index (χ0v) is 17.1. The Bertz CT molecular complexity index is 1150. The van der Waals surface area contributed by atoms with Gasteiger partial charge in [-0.25, -0.2) is 9.78 Å². The number of benzene rings is 1. The van der Waals surface area contributed by atoms with Crippen molar-refractivity contribution < 1.29 is 14.3 Å². The Morgan fingerprint density at radius 3 is 2.81 bits per heavy atom. The molecule has 4 rings (SSSR count). The number of nitrogens with one attached hydrogen (secondary N) is 1. The molecule has 156 valence electrons. The van der Waals surface area contributed by atoms with Gasteiger partial charge in [-0.3, -0.25) is 9.69 Å². The van der Waals surface area contributed by atoms with Crippen molar-refractivity contribution in [2.75, 3.05) is 13.2 Å². The van der Waals surface area contributed by atoms with Gasteiger partial charge in [-0.05, 0) is 30.5 Å². The summed E-state index contributed by atoms with van der Waals surface area (Å²) in [5, 5.41) is 11.7. The molecule has 0 bridgehead atoms. The van der Waals surface area contributed by atoms with E-state index in [0.29, 0.717) is 24.9 Å². The molecule has 1 saturated heterocycles. The minimum atomic E-state index is -1.13. The zero-order valence-electron chi connectivity index (χ0n) is 17.1. The van der Waals surface area contributed by atoms with Gasteiger partial charge in [0.1, 0.15) is 11.4 Å². The van der Waals surface area contributed by atoms with Crippen molar-refractivity contribution in [3.8, 4) is 18.4 Å². The van der Waals surface area contributed by atoms with Crippen molar-refractivity contribution in [3.63, 3.8) is 0 Å². The number of carbonyl (C=O) groups is 2. The predicted octanol–water partition coefficient (Wildman–Crippen LogP) is 1.88. The molecule has 2 aromatic rings. The standard InChI is InChI=1S/C23H21N5O3/c1-3-20-12-23(9-11-31-20)21(29)27(22(30)26-23)10-8-19-14-25-16(2)28(19)15-18-6-4-17(13-24)5-7-18/h1,4-7,12,14H,8-11,15H2,2H3,(H,26,30). The SMILES string of the molecule is C#CC1=CC2(CCO1)NC(=O)N(CCc1cnc(C)n1Cc1ccc(C#N)cc1)C2=O. The third-order valence-corrected chi connectivity index (χ3v) is 5.63. The average molecular weight is 415 g/mol. The highest BCUT2D eigenvalue weighted by Gasteiger charge is 2.51. The summed E-state index contributed by atoms with van der Waals surface area (Å²) in [5.41, 5.74) is 1.42. The number of urea groups is 1. The second-order valence-electron chi connectivity index (χ2n) is 7.55. The molecule has 1 aromatic heterocycles. The lowest BCUT2D eigenvalue weighted by Gasteiger charge is -2.27. The number of hydrogen-bond donors (Lipinski definition) is 1. The van der Waals surface area contributed by atoms with Crippen LogP contribution in [0.25, 0.3) is 0 Å². The number of imide groups is 1. The quantitative estimate of drug-likeness (QED) is 0.594. The summed E-state index contributed by atoms with van der Waals surface area (Å²) in [5.74, 6) is 3.17. The van der Waals surface area contributed by atoms with E-state index in [-0.39, 0.29) is 24.8 Å². The van der Waals surface area contributed by atoms with Crippen LogP contribution in [0, 0.1) is 30.6 Å². The fourth-order valence-electron chi connectivity index (χ4n) is 3.88. The van der Waals surface area contributed by atoms with Crippen LogP contribution in [0.2, 0.25) is 0 Å². The first-order chi connectivity index (χ1) is 15.0. The van der Waals surface area contributed by atoms with Crippen LogP contribution in [-0.4, -0.2) is 45.1 Å². The number of carbonyl (C=O) groups excluding carboxylic acids is 2. The van der Waals surface area contributed by atoms with E-state index in [0.717, 1.165) is 17.1 Å². The van der Waals surface area contributed by atoms with Gasteiger partial charge in [-0.2, -0.15) is 5.26 Å². The van der Waals surface area contributed by atoms with E-state index in [9.17, 15) is 9.59 Å². The van der Waals surface area contributed by atoms with Gasteiger partial charge in [0.2, 0.25) is 0 Å². The van der Waals surface area contributed by atoms with E-state index in [4.69, 9.17) is 16.4 Å². The number of allylic oxidation sites excluding steroid dienone is 1. The van der Waals surface area contributed by atoms with Gasteiger partial charge in [0.15, 0.2) is 5.76 Å². The molecule has 1 N–H and O–H groups in total. The Morgan fingerprint density at radius 2 is 2.10 bits per heavy atom. The topological polar surface area (TPSA) is 100 Å². The minimum Gasteiger partial charge on any atom is -0.486 e. The highest BCUT2D eigenvalue weighted by atomic mass is 16.5. The number of aromatic nitrogens is 2. The molecule has 1 unspecified atom stereocenters. The number of nitrogens with zero attached hydrogens (tertiary/aromatic N) is 4. The molecule has 0 radical (unpaired) electrons. The fourth-order valence-corrected chi connectivity index (χ4v) is 3.88.